The van der Waals surface area contributed by atoms with Gasteiger partial charge in [-0.05, 0) is 62.9 Å². The van der Waals surface area contributed by atoms with Gasteiger partial charge in [0.05, 0.1) is 0 Å². The number of pyridine rings is 1. The Morgan fingerprint density at radius 3 is 2.62 bits per heavy atom. The second kappa shape index (κ2) is 10.2. The van der Waals surface area contributed by atoms with E-state index in [4.69, 9.17) is 4.98 Å². The minimum atomic E-state index is -0.0677. The third-order valence-corrected chi connectivity index (χ3v) is 6.25. The molecule has 0 radical (unpaired) electrons. The van der Waals surface area contributed by atoms with Gasteiger partial charge in [0.2, 0.25) is 5.91 Å². The van der Waals surface area contributed by atoms with Gasteiger partial charge in [-0.2, -0.15) is 0 Å². The largest absolute Gasteiger partial charge is 0.338 e. The molecule has 0 spiro atoms. The molecule has 0 aliphatic carbocycles. The van der Waals surface area contributed by atoms with E-state index in [0.29, 0.717) is 42.1 Å². The molecule has 3 aromatic rings. The molecule has 34 heavy (non-hydrogen) atoms. The minimum absolute atomic E-state index is 0.00317. The van der Waals surface area contributed by atoms with Crippen LogP contribution in [-0.2, 0) is 11.2 Å². The summed E-state index contributed by atoms with van der Waals surface area (Å²) >= 11 is 0. The lowest BCUT2D eigenvalue weighted by molar-refractivity contribution is -0.115. The van der Waals surface area contributed by atoms with Gasteiger partial charge < -0.3 is 10.2 Å². The first kappa shape index (κ1) is 23.6. The van der Waals surface area contributed by atoms with Gasteiger partial charge in [-0.25, -0.2) is 9.97 Å². The van der Waals surface area contributed by atoms with Gasteiger partial charge >= 0.3 is 0 Å². The standard InChI is InChI=1S/C26H31N5O3/c1-4-23(32)28-21-10-7-19(8-11-21)26(34)30-13-5-6-18(16-30)14-22-27-15-20-9-12-24(33)31(17(2)3)25(20)29-22/h7-12,15,17-18H,4-6,13-14,16H2,1-3H3,(H,28,32)/t18-/m0/s1. The molecule has 1 aliphatic heterocycles. The zero-order chi connectivity index (χ0) is 24.2. The fourth-order valence-corrected chi connectivity index (χ4v) is 4.47. The molecule has 2 aromatic heterocycles. The Hall–Kier alpha value is -3.55. The van der Waals surface area contributed by atoms with Crippen LogP contribution in [0.3, 0.4) is 0 Å². The Morgan fingerprint density at radius 2 is 1.91 bits per heavy atom. The number of rotatable bonds is 6. The Balaban J connectivity index is 1.46. The number of likely N-dealkylation sites (tertiary alicyclic amines) is 1. The molecular formula is C26H31N5O3. The van der Waals surface area contributed by atoms with Crippen LogP contribution in [0.4, 0.5) is 5.69 Å². The van der Waals surface area contributed by atoms with Gasteiger partial charge in [0.1, 0.15) is 11.5 Å². The van der Waals surface area contributed by atoms with E-state index in [1.54, 1.807) is 54.1 Å². The van der Waals surface area contributed by atoms with Gasteiger partial charge in [-0.1, -0.05) is 6.92 Å². The van der Waals surface area contributed by atoms with Crippen molar-refractivity contribution in [3.63, 3.8) is 0 Å². The fourth-order valence-electron chi connectivity index (χ4n) is 4.47. The molecule has 1 aromatic carbocycles. The number of amides is 2. The number of aromatic nitrogens is 3. The topological polar surface area (TPSA) is 97.2 Å². The normalized spacial score (nSPS) is 16.1. The van der Waals surface area contributed by atoms with Crippen LogP contribution in [0.15, 0.2) is 47.4 Å². The summed E-state index contributed by atoms with van der Waals surface area (Å²) in [4.78, 5) is 48.2. The predicted octanol–water partition coefficient (Wildman–Crippen LogP) is 3.82. The minimum Gasteiger partial charge on any atom is -0.338 e. The lowest BCUT2D eigenvalue weighted by Crippen LogP contribution is -2.40. The third kappa shape index (κ3) is 5.16. The van der Waals surface area contributed by atoms with Crippen molar-refractivity contribution in [2.24, 2.45) is 5.92 Å². The molecule has 1 fully saturated rings. The van der Waals surface area contributed by atoms with Crippen LogP contribution in [0, 0.1) is 5.92 Å². The Labute approximate surface area is 199 Å². The van der Waals surface area contributed by atoms with Crippen LogP contribution in [0.2, 0.25) is 0 Å². The van der Waals surface area contributed by atoms with Crippen molar-refractivity contribution in [2.45, 2.75) is 52.5 Å². The molecule has 0 bridgehead atoms. The summed E-state index contributed by atoms with van der Waals surface area (Å²) in [6.45, 7) is 7.09. The van der Waals surface area contributed by atoms with Crippen LogP contribution in [0.1, 0.15) is 62.3 Å². The quantitative estimate of drug-likeness (QED) is 0.602. The highest BCUT2D eigenvalue weighted by Gasteiger charge is 2.25. The van der Waals surface area contributed by atoms with Gasteiger partial charge in [0, 0.05) is 60.9 Å². The molecule has 4 rings (SSSR count). The fraction of sp³-hybridized carbons (Fsp3) is 0.423. The Bertz CT molecular complexity index is 1250. The van der Waals surface area contributed by atoms with E-state index in [2.05, 4.69) is 10.3 Å². The molecule has 178 valence electrons. The number of nitrogens with one attached hydrogen (secondary N) is 1. The molecular weight excluding hydrogens is 430 g/mol. The van der Waals surface area contributed by atoms with Crippen molar-refractivity contribution >= 4 is 28.5 Å². The molecule has 1 N–H and O–H groups in total. The zero-order valence-corrected chi connectivity index (χ0v) is 20.0. The number of benzene rings is 1. The highest BCUT2D eigenvalue weighted by atomic mass is 16.2. The summed E-state index contributed by atoms with van der Waals surface area (Å²) in [7, 11) is 0. The second-order valence-corrected chi connectivity index (χ2v) is 9.14. The summed E-state index contributed by atoms with van der Waals surface area (Å²) in [5, 5.41) is 3.64. The summed E-state index contributed by atoms with van der Waals surface area (Å²) in [5.74, 6) is 0.884. The van der Waals surface area contributed by atoms with Crippen LogP contribution in [0.25, 0.3) is 11.0 Å². The van der Waals surface area contributed by atoms with E-state index in [0.717, 1.165) is 24.8 Å². The van der Waals surface area contributed by atoms with Crippen molar-refractivity contribution in [1.82, 2.24) is 19.4 Å². The summed E-state index contributed by atoms with van der Waals surface area (Å²) in [6.07, 6.45) is 4.76. The van der Waals surface area contributed by atoms with Crippen LogP contribution in [-0.4, -0.2) is 44.3 Å². The maximum absolute atomic E-state index is 13.1. The van der Waals surface area contributed by atoms with Crippen molar-refractivity contribution in [3.8, 4) is 0 Å². The number of hydrogen-bond acceptors (Lipinski definition) is 5. The molecule has 2 amide bonds. The number of fused-ring (bicyclic) bond motifs is 1. The van der Waals surface area contributed by atoms with E-state index < -0.39 is 0 Å². The number of nitrogens with zero attached hydrogens (tertiary/aromatic N) is 4. The number of carbonyl (C=O) groups is 2. The Kier molecular flexibility index (Phi) is 7.05. The van der Waals surface area contributed by atoms with Gasteiger partial charge in [0.25, 0.3) is 11.5 Å². The first-order valence-electron chi connectivity index (χ1n) is 11.9. The Morgan fingerprint density at radius 1 is 1.15 bits per heavy atom. The average molecular weight is 462 g/mol. The van der Waals surface area contributed by atoms with Crippen molar-refractivity contribution < 1.29 is 9.59 Å². The van der Waals surface area contributed by atoms with Gasteiger partial charge in [-0.3, -0.25) is 19.0 Å². The number of piperidine rings is 1. The lowest BCUT2D eigenvalue weighted by atomic mass is 9.94. The molecule has 0 unspecified atom stereocenters. The third-order valence-electron chi connectivity index (χ3n) is 6.25. The summed E-state index contributed by atoms with van der Waals surface area (Å²) in [5.41, 5.74) is 1.89. The first-order chi connectivity index (χ1) is 16.4. The molecule has 1 saturated heterocycles. The molecule has 0 saturated carbocycles. The van der Waals surface area contributed by atoms with Crippen molar-refractivity contribution in [3.05, 3.63) is 64.3 Å². The molecule has 8 heteroatoms. The number of hydrogen-bond donors (Lipinski definition) is 1. The van der Waals surface area contributed by atoms with Gasteiger partial charge in [0.15, 0.2) is 0 Å². The van der Waals surface area contributed by atoms with E-state index in [1.807, 2.05) is 18.7 Å². The molecule has 8 nitrogen and oxygen atoms in total. The summed E-state index contributed by atoms with van der Waals surface area (Å²) < 4.78 is 1.70. The highest BCUT2D eigenvalue weighted by molar-refractivity contribution is 5.95. The number of anilines is 1. The predicted molar refractivity (Wildman–Crippen MR) is 132 cm³/mol. The van der Waals surface area contributed by atoms with E-state index in [1.165, 1.54) is 0 Å². The lowest BCUT2D eigenvalue weighted by Gasteiger charge is -2.32. The van der Waals surface area contributed by atoms with Crippen LogP contribution >= 0.6 is 0 Å². The van der Waals surface area contributed by atoms with Crippen LogP contribution in [0.5, 0.6) is 0 Å². The van der Waals surface area contributed by atoms with E-state index >= 15 is 0 Å². The van der Waals surface area contributed by atoms with E-state index in [9.17, 15) is 14.4 Å². The van der Waals surface area contributed by atoms with Crippen LogP contribution < -0.4 is 10.9 Å². The van der Waals surface area contributed by atoms with Crippen molar-refractivity contribution in [2.75, 3.05) is 18.4 Å². The molecule has 1 atom stereocenters. The zero-order valence-electron chi connectivity index (χ0n) is 20.0. The smallest absolute Gasteiger partial charge is 0.253 e. The van der Waals surface area contributed by atoms with Gasteiger partial charge in [-0.15, -0.1) is 0 Å². The first-order valence-corrected chi connectivity index (χ1v) is 11.9. The number of carbonyl (C=O) groups excluding carboxylic acids is 2. The maximum atomic E-state index is 13.1. The van der Waals surface area contributed by atoms with E-state index in [-0.39, 0.29) is 29.3 Å². The molecule has 3 heterocycles. The highest BCUT2D eigenvalue weighted by Crippen LogP contribution is 2.23. The second-order valence-electron chi connectivity index (χ2n) is 9.14. The summed E-state index contributed by atoms with van der Waals surface area (Å²) in [6, 6.07) is 10.4. The maximum Gasteiger partial charge on any atom is 0.253 e. The van der Waals surface area contributed by atoms with Crippen molar-refractivity contribution in [1.29, 1.82) is 0 Å². The average Bonchev–Trinajstić information content (AvgIpc) is 2.83. The molecule has 1 aliphatic rings. The SMILES string of the molecule is CCC(=O)Nc1ccc(C(=O)N2CCC[C@@H](Cc3ncc4ccc(=O)n(C(C)C)c4n3)C2)cc1. The monoisotopic (exact) mass is 461 g/mol.